The maximum Gasteiger partial charge on any atom is 0.306 e. The summed E-state index contributed by atoms with van der Waals surface area (Å²) in [5, 5.41) is 0. The number of carbonyl (C=O) groups excluding carboxylic acids is 3. The third-order valence-electron chi connectivity index (χ3n) is 10.6. The van der Waals surface area contributed by atoms with E-state index in [1.807, 2.05) is 0 Å². The second-order valence-corrected chi connectivity index (χ2v) is 16.4. The molecule has 57 heavy (non-hydrogen) atoms. The zero-order valence-corrected chi connectivity index (χ0v) is 37.9. The summed E-state index contributed by atoms with van der Waals surface area (Å²) in [7, 11) is 0. The van der Waals surface area contributed by atoms with E-state index >= 15 is 0 Å². The molecule has 0 aliphatic rings. The highest BCUT2D eigenvalue weighted by Crippen LogP contribution is 2.14. The Hall–Kier alpha value is -2.37. The van der Waals surface area contributed by atoms with Gasteiger partial charge in [-0.05, 0) is 83.5 Å². The lowest BCUT2D eigenvalue weighted by molar-refractivity contribution is -0.167. The van der Waals surface area contributed by atoms with Crippen LogP contribution in [0.25, 0.3) is 0 Å². The monoisotopic (exact) mass is 801 g/mol. The van der Waals surface area contributed by atoms with Gasteiger partial charge in [0.1, 0.15) is 13.2 Å². The van der Waals surface area contributed by atoms with Crippen LogP contribution in [0.4, 0.5) is 0 Å². The first-order valence-corrected chi connectivity index (χ1v) is 24.5. The second-order valence-electron chi connectivity index (χ2n) is 16.4. The van der Waals surface area contributed by atoms with Crippen molar-refractivity contribution in [3.05, 3.63) is 36.5 Å². The molecule has 0 radical (unpaired) electrons. The van der Waals surface area contributed by atoms with Crippen LogP contribution < -0.4 is 0 Å². The molecule has 0 spiro atoms. The lowest BCUT2D eigenvalue weighted by Gasteiger charge is -2.18. The van der Waals surface area contributed by atoms with Gasteiger partial charge in [-0.15, -0.1) is 0 Å². The highest BCUT2D eigenvalue weighted by molar-refractivity contribution is 5.71. The number of esters is 3. The first-order valence-electron chi connectivity index (χ1n) is 24.5. The van der Waals surface area contributed by atoms with Gasteiger partial charge in [0.15, 0.2) is 6.10 Å². The average Bonchev–Trinajstić information content (AvgIpc) is 3.21. The summed E-state index contributed by atoms with van der Waals surface area (Å²) in [5.41, 5.74) is 0. The van der Waals surface area contributed by atoms with Gasteiger partial charge in [0.05, 0.1) is 0 Å². The summed E-state index contributed by atoms with van der Waals surface area (Å²) < 4.78 is 16.7. The van der Waals surface area contributed by atoms with Gasteiger partial charge < -0.3 is 14.2 Å². The van der Waals surface area contributed by atoms with E-state index in [9.17, 15) is 14.4 Å². The van der Waals surface area contributed by atoms with Crippen LogP contribution >= 0.6 is 0 Å². The van der Waals surface area contributed by atoms with Crippen molar-refractivity contribution in [1.29, 1.82) is 0 Å². The third kappa shape index (κ3) is 44.6. The molecule has 0 aromatic heterocycles. The van der Waals surface area contributed by atoms with Crippen molar-refractivity contribution in [2.45, 2.75) is 258 Å². The van der Waals surface area contributed by atoms with Crippen molar-refractivity contribution in [2.24, 2.45) is 0 Å². The summed E-state index contributed by atoms with van der Waals surface area (Å²) in [6.07, 6.45) is 52.8. The molecule has 0 aromatic rings. The first-order chi connectivity index (χ1) is 28.0. The number of allylic oxidation sites excluding steroid dienone is 6. The number of ether oxygens (including phenoxy) is 3. The van der Waals surface area contributed by atoms with Crippen LogP contribution in [0, 0.1) is 0 Å². The Morgan fingerprint density at radius 3 is 0.930 bits per heavy atom. The van der Waals surface area contributed by atoms with Crippen molar-refractivity contribution >= 4 is 17.9 Å². The topological polar surface area (TPSA) is 78.9 Å². The third-order valence-corrected chi connectivity index (χ3v) is 10.6. The second kappa shape index (κ2) is 46.3. The van der Waals surface area contributed by atoms with E-state index < -0.39 is 6.10 Å². The van der Waals surface area contributed by atoms with E-state index in [-0.39, 0.29) is 31.1 Å². The number of rotatable bonds is 44. The predicted molar refractivity (Wildman–Crippen MR) is 242 cm³/mol. The summed E-state index contributed by atoms with van der Waals surface area (Å²) in [6, 6.07) is 0. The Labute approximate surface area is 353 Å². The smallest absolute Gasteiger partial charge is 0.306 e. The molecular weight excluding hydrogens is 709 g/mol. The van der Waals surface area contributed by atoms with Crippen molar-refractivity contribution in [3.8, 4) is 0 Å². The van der Waals surface area contributed by atoms with Crippen molar-refractivity contribution < 1.29 is 28.6 Å². The molecule has 0 saturated heterocycles. The van der Waals surface area contributed by atoms with Crippen LogP contribution in [-0.2, 0) is 28.6 Å². The minimum Gasteiger partial charge on any atom is -0.462 e. The van der Waals surface area contributed by atoms with E-state index in [2.05, 4.69) is 57.2 Å². The molecule has 1 unspecified atom stereocenters. The zero-order valence-electron chi connectivity index (χ0n) is 37.9. The Kier molecular flexibility index (Phi) is 44.4. The van der Waals surface area contributed by atoms with E-state index in [1.54, 1.807) is 0 Å². The molecule has 1 atom stereocenters. The summed E-state index contributed by atoms with van der Waals surface area (Å²) >= 11 is 0. The Morgan fingerprint density at radius 2 is 0.596 bits per heavy atom. The molecule has 332 valence electrons. The van der Waals surface area contributed by atoms with Gasteiger partial charge in [0, 0.05) is 19.3 Å². The van der Waals surface area contributed by atoms with Gasteiger partial charge in [0.2, 0.25) is 0 Å². The molecule has 0 heterocycles. The van der Waals surface area contributed by atoms with Gasteiger partial charge in [-0.2, -0.15) is 0 Å². The molecule has 0 amide bonds. The predicted octanol–water partition coefficient (Wildman–Crippen LogP) is 15.8. The SMILES string of the molecule is CCCC/C=C\CCCCCCCC(=O)OC(COC(=O)CCCCCC/C=C\CCCC)COC(=O)CCCCCCC/C=C\CCCCCCCCCCC. The molecule has 6 heteroatoms. The lowest BCUT2D eigenvalue weighted by Crippen LogP contribution is -2.30. The fourth-order valence-corrected chi connectivity index (χ4v) is 6.81. The number of carbonyl (C=O) groups is 3. The maximum absolute atomic E-state index is 12.7. The van der Waals surface area contributed by atoms with E-state index in [4.69, 9.17) is 14.2 Å². The van der Waals surface area contributed by atoms with Gasteiger partial charge in [-0.1, -0.05) is 186 Å². The number of unbranched alkanes of at least 4 members (excludes halogenated alkanes) is 27. The molecule has 0 bridgehead atoms. The average molecular weight is 801 g/mol. The standard InChI is InChI=1S/C51H92O6/c1-4-7-10-13-16-19-22-23-24-25-26-27-28-30-32-35-38-41-44-50(53)56-47-48(46-55-49(52)43-40-37-34-31-21-18-15-12-9-6-3)57-51(54)45-42-39-36-33-29-20-17-14-11-8-5-2/h14-15,17-18,26-27,48H,4-13,16,19-25,28-47H2,1-3H3/b17-14-,18-15-,27-26-. The highest BCUT2D eigenvalue weighted by Gasteiger charge is 2.19. The molecule has 0 aromatic carbocycles. The van der Waals surface area contributed by atoms with Crippen LogP contribution in [0.3, 0.4) is 0 Å². The largest absolute Gasteiger partial charge is 0.462 e. The van der Waals surface area contributed by atoms with Gasteiger partial charge in [-0.3, -0.25) is 14.4 Å². The van der Waals surface area contributed by atoms with E-state index in [0.29, 0.717) is 19.3 Å². The normalized spacial score (nSPS) is 12.3. The Bertz CT molecular complexity index is 969. The fraction of sp³-hybridized carbons (Fsp3) is 0.824. The molecule has 0 aliphatic carbocycles. The zero-order chi connectivity index (χ0) is 41.5. The molecule has 0 fully saturated rings. The summed E-state index contributed by atoms with van der Waals surface area (Å²) in [4.78, 5) is 37.8. The quantitative estimate of drug-likeness (QED) is 0.0264. The summed E-state index contributed by atoms with van der Waals surface area (Å²) in [5.74, 6) is -0.911. The van der Waals surface area contributed by atoms with Crippen LogP contribution in [0.15, 0.2) is 36.5 Å². The molecule has 0 aliphatic heterocycles. The van der Waals surface area contributed by atoms with Crippen LogP contribution in [0.5, 0.6) is 0 Å². The number of hydrogen-bond acceptors (Lipinski definition) is 6. The maximum atomic E-state index is 12.7. The highest BCUT2D eigenvalue weighted by atomic mass is 16.6. The molecule has 0 rings (SSSR count). The van der Waals surface area contributed by atoms with Crippen LogP contribution in [0.1, 0.15) is 252 Å². The van der Waals surface area contributed by atoms with E-state index in [1.165, 1.54) is 116 Å². The molecule has 0 N–H and O–H groups in total. The van der Waals surface area contributed by atoms with Gasteiger partial charge in [0.25, 0.3) is 0 Å². The minimum atomic E-state index is -0.780. The summed E-state index contributed by atoms with van der Waals surface area (Å²) in [6.45, 7) is 6.54. The van der Waals surface area contributed by atoms with Gasteiger partial charge in [-0.25, -0.2) is 0 Å². The molecule has 0 saturated carbocycles. The Balaban J connectivity index is 4.32. The fourth-order valence-electron chi connectivity index (χ4n) is 6.81. The van der Waals surface area contributed by atoms with Crippen molar-refractivity contribution in [3.63, 3.8) is 0 Å². The van der Waals surface area contributed by atoms with Crippen molar-refractivity contribution in [1.82, 2.24) is 0 Å². The molecular formula is C51H92O6. The van der Waals surface area contributed by atoms with E-state index in [0.717, 1.165) is 96.3 Å². The van der Waals surface area contributed by atoms with Crippen LogP contribution in [-0.4, -0.2) is 37.2 Å². The first kappa shape index (κ1) is 54.6. The van der Waals surface area contributed by atoms with Gasteiger partial charge >= 0.3 is 17.9 Å². The Morgan fingerprint density at radius 1 is 0.333 bits per heavy atom. The number of hydrogen-bond donors (Lipinski definition) is 0. The van der Waals surface area contributed by atoms with Crippen LogP contribution in [0.2, 0.25) is 0 Å². The lowest BCUT2D eigenvalue weighted by atomic mass is 10.1. The van der Waals surface area contributed by atoms with Crippen molar-refractivity contribution in [2.75, 3.05) is 13.2 Å². The minimum absolute atomic E-state index is 0.0826. The molecule has 6 nitrogen and oxygen atoms in total.